The van der Waals surface area contributed by atoms with Gasteiger partial charge in [0.1, 0.15) is 0 Å². The van der Waals surface area contributed by atoms with Gasteiger partial charge in [-0.25, -0.2) is 0 Å². The smallest absolute Gasteiger partial charge is 0.0854 e. The maximum absolute atomic E-state index is 6.24. The molecule has 1 atom stereocenters. The van der Waals surface area contributed by atoms with Crippen molar-refractivity contribution in [3.8, 4) is 0 Å². The summed E-state index contributed by atoms with van der Waals surface area (Å²) in [5.74, 6) is 0. The van der Waals surface area contributed by atoms with Gasteiger partial charge in [0, 0.05) is 16.3 Å². The predicted octanol–water partition coefficient (Wildman–Crippen LogP) is 3.24. The first-order chi connectivity index (χ1) is 8.17. The summed E-state index contributed by atoms with van der Waals surface area (Å²) in [6.07, 6.45) is 1.71. The maximum Gasteiger partial charge on any atom is 0.0854 e. The molecule has 2 aromatic heterocycles. The van der Waals surface area contributed by atoms with Crippen LogP contribution in [0.5, 0.6) is 0 Å². The summed E-state index contributed by atoms with van der Waals surface area (Å²) in [6.45, 7) is 5.00. The number of halogens is 1. The minimum absolute atomic E-state index is 0.114. The van der Waals surface area contributed by atoms with Crippen LogP contribution in [0, 0.1) is 6.92 Å². The first kappa shape index (κ1) is 12.6. The zero-order chi connectivity index (χ0) is 12.4. The number of aryl methyl sites for hydroxylation is 2. The van der Waals surface area contributed by atoms with Crippen LogP contribution in [0.3, 0.4) is 0 Å². The van der Waals surface area contributed by atoms with Crippen molar-refractivity contribution in [1.82, 2.24) is 15.1 Å². The molecule has 0 aliphatic heterocycles. The van der Waals surface area contributed by atoms with Crippen LogP contribution in [0.1, 0.15) is 28.4 Å². The monoisotopic (exact) mass is 269 g/mol. The van der Waals surface area contributed by atoms with Crippen molar-refractivity contribution in [2.75, 3.05) is 7.05 Å². The number of nitrogens with zero attached hydrogens (tertiary/aromatic N) is 2. The van der Waals surface area contributed by atoms with E-state index in [9.17, 15) is 0 Å². The number of hydrogen-bond donors (Lipinski definition) is 1. The van der Waals surface area contributed by atoms with Gasteiger partial charge in [0.25, 0.3) is 0 Å². The Morgan fingerprint density at radius 2 is 2.29 bits per heavy atom. The SMILES string of the molecule is CCn1ncc(Cl)c1C(NC)c1ccc(C)s1. The average Bonchev–Trinajstić information content (AvgIpc) is 2.89. The van der Waals surface area contributed by atoms with E-state index < -0.39 is 0 Å². The number of thiophene rings is 1. The highest BCUT2D eigenvalue weighted by Gasteiger charge is 2.21. The highest BCUT2D eigenvalue weighted by atomic mass is 35.5. The molecule has 0 aliphatic carbocycles. The quantitative estimate of drug-likeness (QED) is 0.924. The Balaban J connectivity index is 2.44. The summed E-state index contributed by atoms with van der Waals surface area (Å²) in [4.78, 5) is 2.57. The molecule has 0 bridgehead atoms. The lowest BCUT2D eigenvalue weighted by Gasteiger charge is -2.16. The molecule has 0 saturated heterocycles. The fourth-order valence-corrected chi connectivity index (χ4v) is 3.17. The molecule has 0 radical (unpaired) electrons. The number of nitrogens with one attached hydrogen (secondary N) is 1. The first-order valence-corrected chi connectivity index (χ1v) is 6.81. The Morgan fingerprint density at radius 1 is 1.53 bits per heavy atom. The fourth-order valence-electron chi connectivity index (χ4n) is 1.93. The molecule has 0 spiro atoms. The third-order valence-corrected chi connectivity index (χ3v) is 4.10. The van der Waals surface area contributed by atoms with E-state index in [0.717, 1.165) is 17.3 Å². The van der Waals surface area contributed by atoms with Gasteiger partial charge in [-0.2, -0.15) is 5.10 Å². The summed E-state index contributed by atoms with van der Waals surface area (Å²) < 4.78 is 1.94. The van der Waals surface area contributed by atoms with Gasteiger partial charge in [0.05, 0.1) is 23.0 Å². The Labute approximate surface area is 110 Å². The molecule has 0 aliphatic rings. The molecule has 0 amide bonds. The van der Waals surface area contributed by atoms with Gasteiger partial charge in [-0.3, -0.25) is 4.68 Å². The largest absolute Gasteiger partial charge is 0.307 e. The summed E-state index contributed by atoms with van der Waals surface area (Å²) >= 11 is 8.02. The molecule has 1 N–H and O–H groups in total. The summed E-state index contributed by atoms with van der Waals surface area (Å²) in [6, 6.07) is 4.39. The minimum atomic E-state index is 0.114. The van der Waals surface area contributed by atoms with Crippen molar-refractivity contribution >= 4 is 22.9 Å². The normalized spacial score (nSPS) is 12.9. The van der Waals surface area contributed by atoms with E-state index >= 15 is 0 Å². The van der Waals surface area contributed by atoms with Gasteiger partial charge in [0.2, 0.25) is 0 Å². The second-order valence-electron chi connectivity index (χ2n) is 3.86. The van der Waals surface area contributed by atoms with Crippen LogP contribution in [0.4, 0.5) is 0 Å². The molecule has 0 aromatic carbocycles. The van der Waals surface area contributed by atoms with Crippen LogP contribution >= 0.6 is 22.9 Å². The zero-order valence-corrected chi connectivity index (χ0v) is 11.8. The van der Waals surface area contributed by atoms with Crippen LogP contribution in [-0.4, -0.2) is 16.8 Å². The fraction of sp³-hybridized carbons (Fsp3) is 0.417. The molecular formula is C12H16ClN3S. The summed E-state index contributed by atoms with van der Waals surface area (Å²) in [5.41, 5.74) is 1.04. The van der Waals surface area contributed by atoms with E-state index in [1.165, 1.54) is 9.75 Å². The van der Waals surface area contributed by atoms with Gasteiger partial charge in [0.15, 0.2) is 0 Å². The van der Waals surface area contributed by atoms with Crippen molar-refractivity contribution in [3.05, 3.63) is 38.8 Å². The Morgan fingerprint density at radius 3 is 2.82 bits per heavy atom. The van der Waals surface area contributed by atoms with Crippen molar-refractivity contribution in [2.45, 2.75) is 26.4 Å². The third-order valence-electron chi connectivity index (χ3n) is 2.74. The number of hydrogen-bond acceptors (Lipinski definition) is 3. The zero-order valence-electron chi connectivity index (χ0n) is 10.2. The minimum Gasteiger partial charge on any atom is -0.307 e. The van der Waals surface area contributed by atoms with Gasteiger partial charge in [-0.05, 0) is 33.0 Å². The van der Waals surface area contributed by atoms with Crippen LogP contribution in [-0.2, 0) is 6.54 Å². The number of rotatable bonds is 4. The lowest BCUT2D eigenvalue weighted by atomic mass is 10.1. The first-order valence-electron chi connectivity index (χ1n) is 5.62. The van der Waals surface area contributed by atoms with Crippen molar-refractivity contribution < 1.29 is 0 Å². The Kier molecular flexibility index (Phi) is 3.86. The van der Waals surface area contributed by atoms with E-state index in [0.29, 0.717) is 0 Å². The highest BCUT2D eigenvalue weighted by molar-refractivity contribution is 7.12. The number of aromatic nitrogens is 2. The topological polar surface area (TPSA) is 29.9 Å². The molecule has 17 heavy (non-hydrogen) atoms. The lowest BCUT2D eigenvalue weighted by Crippen LogP contribution is -2.20. The molecule has 0 fully saturated rings. The molecule has 5 heteroatoms. The van der Waals surface area contributed by atoms with Gasteiger partial charge < -0.3 is 5.32 Å². The van der Waals surface area contributed by atoms with Gasteiger partial charge in [-0.1, -0.05) is 11.6 Å². The second kappa shape index (κ2) is 5.21. The summed E-state index contributed by atoms with van der Waals surface area (Å²) in [7, 11) is 1.95. The van der Waals surface area contributed by atoms with Crippen LogP contribution in [0.15, 0.2) is 18.3 Å². The van der Waals surface area contributed by atoms with Gasteiger partial charge in [-0.15, -0.1) is 11.3 Å². The third kappa shape index (κ3) is 2.39. The van der Waals surface area contributed by atoms with Gasteiger partial charge >= 0.3 is 0 Å². The van der Waals surface area contributed by atoms with E-state index in [4.69, 9.17) is 11.6 Å². The predicted molar refractivity (Wildman–Crippen MR) is 72.9 cm³/mol. The molecule has 0 saturated carbocycles. The van der Waals surface area contributed by atoms with Crippen molar-refractivity contribution in [2.24, 2.45) is 0 Å². The molecular weight excluding hydrogens is 254 g/mol. The van der Waals surface area contributed by atoms with E-state index in [2.05, 4.69) is 36.4 Å². The highest BCUT2D eigenvalue weighted by Crippen LogP contribution is 2.31. The van der Waals surface area contributed by atoms with Crippen molar-refractivity contribution in [1.29, 1.82) is 0 Å². The molecule has 3 nitrogen and oxygen atoms in total. The van der Waals surface area contributed by atoms with E-state index in [1.54, 1.807) is 17.5 Å². The standard InChI is InChI=1S/C12H16ClN3S/c1-4-16-12(9(13)7-15-16)11(14-3)10-6-5-8(2)17-10/h5-7,11,14H,4H2,1-3H3. The molecule has 1 unspecified atom stereocenters. The lowest BCUT2D eigenvalue weighted by molar-refractivity contribution is 0.568. The second-order valence-corrected chi connectivity index (χ2v) is 5.59. The maximum atomic E-state index is 6.24. The molecule has 2 rings (SSSR count). The Bertz CT molecular complexity index is 504. The molecule has 2 heterocycles. The van der Waals surface area contributed by atoms with Crippen LogP contribution in [0.25, 0.3) is 0 Å². The van der Waals surface area contributed by atoms with Crippen LogP contribution in [0.2, 0.25) is 5.02 Å². The van der Waals surface area contributed by atoms with Crippen molar-refractivity contribution in [3.63, 3.8) is 0 Å². The van der Waals surface area contributed by atoms with Crippen LogP contribution < -0.4 is 5.32 Å². The van der Waals surface area contributed by atoms with E-state index in [-0.39, 0.29) is 6.04 Å². The molecule has 2 aromatic rings. The summed E-state index contributed by atoms with van der Waals surface area (Å²) in [5, 5.41) is 8.32. The Hall–Kier alpha value is -0.840. The van der Waals surface area contributed by atoms with E-state index in [1.807, 2.05) is 11.7 Å². The average molecular weight is 270 g/mol. The molecule has 92 valence electrons.